The molecular weight excluding hydrogens is 529 g/mol. The van der Waals surface area contributed by atoms with Gasteiger partial charge < -0.3 is 20.7 Å². The molecule has 40 heavy (non-hydrogen) atoms. The number of nitrogens with zero attached hydrogens (tertiary/aromatic N) is 4. The molecular formula is C29H30FN7O2S. The first-order valence-electron chi connectivity index (χ1n) is 12.8. The van der Waals surface area contributed by atoms with Gasteiger partial charge in [0.05, 0.1) is 32.6 Å². The third-order valence-electron chi connectivity index (χ3n) is 5.85. The minimum atomic E-state index is -0.637. The number of rotatable bonds is 7. The normalized spacial score (nSPS) is 11.6. The highest BCUT2D eigenvalue weighted by atomic mass is 32.1. The second-order valence-corrected chi connectivity index (χ2v) is 11.4. The molecule has 0 radical (unpaired) electrons. The van der Waals surface area contributed by atoms with Crippen molar-refractivity contribution >= 4 is 44.8 Å². The predicted molar refractivity (Wildman–Crippen MR) is 158 cm³/mol. The van der Waals surface area contributed by atoms with Crippen LogP contribution >= 0.6 is 11.3 Å². The van der Waals surface area contributed by atoms with Gasteiger partial charge in [-0.1, -0.05) is 6.07 Å². The van der Waals surface area contributed by atoms with Gasteiger partial charge in [0, 0.05) is 36.1 Å². The highest BCUT2D eigenvalue weighted by molar-refractivity contribution is 7.16. The SMILES string of the molecule is CC(C)Nc1cc(Oc2ccc(NC(=O)Nc3cn(C(C)(C)C)nc3-c3ccc4scnc4c3)c(F)c2)ccn1. The maximum atomic E-state index is 15.0. The van der Waals surface area contributed by atoms with E-state index in [0.29, 0.717) is 22.9 Å². The molecule has 3 heterocycles. The first-order chi connectivity index (χ1) is 19.0. The van der Waals surface area contributed by atoms with E-state index >= 15 is 0 Å². The van der Waals surface area contributed by atoms with E-state index in [1.54, 1.807) is 52.1 Å². The summed E-state index contributed by atoms with van der Waals surface area (Å²) >= 11 is 1.56. The molecule has 0 fully saturated rings. The molecule has 0 aliphatic carbocycles. The van der Waals surface area contributed by atoms with Crippen LogP contribution in [0.4, 0.5) is 26.4 Å². The highest BCUT2D eigenvalue weighted by Crippen LogP contribution is 2.32. The third kappa shape index (κ3) is 6.20. The van der Waals surface area contributed by atoms with Crippen LogP contribution in [0.15, 0.2) is 66.4 Å². The highest BCUT2D eigenvalue weighted by Gasteiger charge is 2.21. The first kappa shape index (κ1) is 27.1. The van der Waals surface area contributed by atoms with Crippen LogP contribution in [0, 0.1) is 5.82 Å². The molecule has 0 saturated carbocycles. The van der Waals surface area contributed by atoms with Gasteiger partial charge in [-0.2, -0.15) is 5.10 Å². The summed E-state index contributed by atoms with van der Waals surface area (Å²) < 4.78 is 23.6. The fourth-order valence-corrected chi connectivity index (χ4v) is 4.61. The smallest absolute Gasteiger partial charge is 0.323 e. The Bertz CT molecular complexity index is 1670. The van der Waals surface area contributed by atoms with Crippen molar-refractivity contribution < 1.29 is 13.9 Å². The minimum Gasteiger partial charge on any atom is -0.457 e. The standard InChI is InChI=1S/C29H30FN7O2S/c1-17(2)33-26-14-20(10-11-31-26)39-19-7-8-22(21(30)13-19)34-28(38)35-24-15-37(29(3,4)5)36-27(24)18-6-9-25-23(12-18)32-16-40-25/h6-17H,1-5H3,(H,31,33)(H2,34,35,38). The zero-order valence-corrected chi connectivity index (χ0v) is 23.6. The van der Waals surface area contributed by atoms with Crippen molar-refractivity contribution in [1.82, 2.24) is 19.7 Å². The Balaban J connectivity index is 1.32. The average molecular weight is 560 g/mol. The van der Waals surface area contributed by atoms with E-state index in [2.05, 4.69) is 25.9 Å². The number of hydrogen-bond acceptors (Lipinski definition) is 7. The summed E-state index contributed by atoms with van der Waals surface area (Å²) in [6.07, 6.45) is 3.38. The Labute approximate surface area is 235 Å². The number of carbonyl (C=O) groups is 1. The Hall–Kier alpha value is -4.51. The van der Waals surface area contributed by atoms with Gasteiger partial charge in [0.25, 0.3) is 0 Å². The zero-order valence-electron chi connectivity index (χ0n) is 22.8. The molecule has 0 unspecified atom stereocenters. The third-order valence-corrected chi connectivity index (χ3v) is 6.66. The summed E-state index contributed by atoms with van der Waals surface area (Å²) in [6, 6.07) is 13.1. The van der Waals surface area contributed by atoms with Crippen LogP contribution in [0.5, 0.6) is 11.5 Å². The number of nitrogens with one attached hydrogen (secondary N) is 3. The Morgan fingerprint density at radius 1 is 1.00 bits per heavy atom. The summed E-state index contributed by atoms with van der Waals surface area (Å²) in [6.45, 7) is 10.1. The second-order valence-electron chi connectivity index (χ2n) is 10.5. The number of aromatic nitrogens is 4. The number of amides is 2. The number of pyridine rings is 1. The minimum absolute atomic E-state index is 0.00963. The summed E-state index contributed by atoms with van der Waals surface area (Å²) in [5.41, 5.74) is 4.23. The molecule has 11 heteroatoms. The second kappa shape index (κ2) is 10.9. The predicted octanol–water partition coefficient (Wildman–Crippen LogP) is 7.71. The molecule has 2 aromatic carbocycles. The Morgan fingerprint density at radius 3 is 2.52 bits per heavy atom. The fraction of sp³-hybridized carbons (Fsp3) is 0.241. The molecule has 0 spiro atoms. The lowest BCUT2D eigenvalue weighted by Crippen LogP contribution is -2.22. The molecule has 0 atom stereocenters. The number of ether oxygens (including phenoxy) is 1. The van der Waals surface area contributed by atoms with Gasteiger partial charge in [-0.3, -0.25) is 4.68 Å². The Morgan fingerprint density at radius 2 is 1.77 bits per heavy atom. The molecule has 0 aliphatic heterocycles. The van der Waals surface area contributed by atoms with Crippen molar-refractivity contribution in [3.63, 3.8) is 0 Å². The van der Waals surface area contributed by atoms with Crippen molar-refractivity contribution in [2.45, 2.75) is 46.2 Å². The number of anilines is 3. The lowest BCUT2D eigenvalue weighted by Gasteiger charge is -2.18. The van der Waals surface area contributed by atoms with Crippen LogP contribution in [-0.2, 0) is 5.54 Å². The van der Waals surface area contributed by atoms with E-state index < -0.39 is 11.8 Å². The van der Waals surface area contributed by atoms with Crippen LogP contribution in [0.25, 0.3) is 21.5 Å². The molecule has 3 N–H and O–H groups in total. The maximum absolute atomic E-state index is 15.0. The van der Waals surface area contributed by atoms with Gasteiger partial charge in [-0.05, 0) is 65.0 Å². The quantitative estimate of drug-likeness (QED) is 0.189. The molecule has 206 valence electrons. The topological polar surface area (TPSA) is 106 Å². The van der Waals surface area contributed by atoms with E-state index in [0.717, 1.165) is 15.8 Å². The lowest BCUT2D eigenvalue weighted by molar-refractivity contribution is 0.262. The monoisotopic (exact) mass is 559 g/mol. The number of carbonyl (C=O) groups excluding carboxylic acids is 1. The molecule has 0 aliphatic rings. The van der Waals surface area contributed by atoms with Crippen LogP contribution in [0.3, 0.4) is 0 Å². The number of urea groups is 1. The van der Waals surface area contributed by atoms with Gasteiger partial charge >= 0.3 is 6.03 Å². The Kier molecular flexibility index (Phi) is 7.40. The lowest BCUT2D eigenvalue weighted by atomic mass is 10.1. The van der Waals surface area contributed by atoms with E-state index in [1.807, 2.05) is 52.8 Å². The van der Waals surface area contributed by atoms with E-state index in [1.165, 1.54) is 12.1 Å². The number of benzene rings is 2. The van der Waals surface area contributed by atoms with Gasteiger partial charge in [0.1, 0.15) is 28.8 Å². The van der Waals surface area contributed by atoms with Gasteiger partial charge in [-0.15, -0.1) is 11.3 Å². The molecule has 3 aromatic heterocycles. The zero-order chi connectivity index (χ0) is 28.4. The summed E-state index contributed by atoms with van der Waals surface area (Å²) in [5.74, 6) is 0.817. The van der Waals surface area contributed by atoms with Crippen LogP contribution in [0.2, 0.25) is 0 Å². The number of thiazole rings is 1. The van der Waals surface area contributed by atoms with Crippen molar-refractivity contribution in [2.24, 2.45) is 0 Å². The summed E-state index contributed by atoms with van der Waals surface area (Å²) in [5, 5.41) is 13.4. The van der Waals surface area contributed by atoms with Crippen LogP contribution in [-0.4, -0.2) is 31.8 Å². The van der Waals surface area contributed by atoms with Gasteiger partial charge in [0.2, 0.25) is 0 Å². The number of fused-ring (bicyclic) bond motifs is 1. The van der Waals surface area contributed by atoms with Crippen molar-refractivity contribution in [1.29, 1.82) is 0 Å². The maximum Gasteiger partial charge on any atom is 0.323 e. The molecule has 0 bridgehead atoms. The molecule has 9 nitrogen and oxygen atoms in total. The largest absolute Gasteiger partial charge is 0.457 e. The van der Waals surface area contributed by atoms with E-state index in [4.69, 9.17) is 9.84 Å². The van der Waals surface area contributed by atoms with Crippen LogP contribution in [0.1, 0.15) is 34.6 Å². The average Bonchev–Trinajstić information content (AvgIpc) is 3.52. The molecule has 5 aromatic rings. The van der Waals surface area contributed by atoms with Gasteiger partial charge in [-0.25, -0.2) is 19.2 Å². The first-order valence-corrected chi connectivity index (χ1v) is 13.6. The molecule has 2 amide bonds. The molecule has 0 saturated heterocycles. The number of hydrogen-bond donors (Lipinski definition) is 3. The van der Waals surface area contributed by atoms with Gasteiger partial charge in [0.15, 0.2) is 0 Å². The van der Waals surface area contributed by atoms with E-state index in [-0.39, 0.29) is 23.0 Å². The van der Waals surface area contributed by atoms with E-state index in [9.17, 15) is 9.18 Å². The summed E-state index contributed by atoms with van der Waals surface area (Å²) in [4.78, 5) is 21.6. The number of halogens is 1. The fourth-order valence-electron chi connectivity index (χ4n) is 3.95. The summed E-state index contributed by atoms with van der Waals surface area (Å²) in [7, 11) is 0. The van der Waals surface area contributed by atoms with Crippen molar-refractivity contribution in [3.05, 3.63) is 72.3 Å². The van der Waals surface area contributed by atoms with Crippen molar-refractivity contribution in [3.8, 4) is 22.8 Å². The van der Waals surface area contributed by atoms with Crippen LogP contribution < -0.4 is 20.7 Å². The molecule has 5 rings (SSSR count). The van der Waals surface area contributed by atoms with Crippen molar-refractivity contribution in [2.75, 3.05) is 16.0 Å².